The summed E-state index contributed by atoms with van der Waals surface area (Å²) in [5.41, 5.74) is 23.4. The minimum absolute atomic E-state index is 0.401. The van der Waals surface area contributed by atoms with Crippen LogP contribution in [0.15, 0.2) is 36.7 Å². The van der Waals surface area contributed by atoms with Crippen LogP contribution in [0, 0.1) is 0 Å². The van der Waals surface area contributed by atoms with Gasteiger partial charge in [-0.05, 0) is 145 Å². The Morgan fingerprint density at radius 1 is 0.596 bits per heavy atom. The molecule has 0 aromatic carbocycles. The van der Waals surface area contributed by atoms with Crippen LogP contribution < -0.4 is 0 Å². The summed E-state index contributed by atoms with van der Waals surface area (Å²) < 4.78 is 0. The van der Waals surface area contributed by atoms with Crippen LogP contribution >= 0.6 is 0 Å². The third kappa shape index (κ3) is 4.71. The van der Waals surface area contributed by atoms with Gasteiger partial charge in [-0.3, -0.25) is 0 Å². The quantitative estimate of drug-likeness (QED) is 0.183. The number of hydrogen-bond donors (Lipinski definition) is 3. The minimum atomic E-state index is 0.401. The highest BCUT2D eigenvalue weighted by atomic mass is 14.8. The van der Waals surface area contributed by atoms with Crippen LogP contribution in [0.2, 0.25) is 0 Å². The zero-order valence-corrected chi connectivity index (χ0v) is 29.1. The van der Waals surface area contributed by atoms with Crippen molar-refractivity contribution in [3.05, 3.63) is 92.8 Å². The molecule has 5 heteroatoms. The molecule has 10 bridgehead atoms. The van der Waals surface area contributed by atoms with Crippen molar-refractivity contribution in [2.75, 3.05) is 0 Å². The molecule has 5 aliphatic rings. The second-order valence-corrected chi connectivity index (χ2v) is 14.2. The molecule has 3 N–H and O–H groups in total. The second kappa shape index (κ2) is 11.8. The van der Waals surface area contributed by atoms with E-state index in [0.29, 0.717) is 11.8 Å². The molecule has 0 saturated carbocycles. The molecule has 6 heterocycles. The number of aromatic amines is 3. The number of aromatic nitrogens is 5. The summed E-state index contributed by atoms with van der Waals surface area (Å²) in [5, 5.41) is 0. The summed E-state index contributed by atoms with van der Waals surface area (Å²) in [4.78, 5) is 22.2. The molecular weight excluding hydrogens is 574 g/mol. The van der Waals surface area contributed by atoms with E-state index in [9.17, 15) is 0 Å². The van der Waals surface area contributed by atoms with Crippen LogP contribution in [0.25, 0.3) is 44.4 Å². The fourth-order valence-electron chi connectivity index (χ4n) is 9.12. The Bertz CT molecular complexity index is 1980. The second-order valence-electron chi connectivity index (χ2n) is 14.2. The van der Waals surface area contributed by atoms with E-state index in [1.807, 2.05) is 0 Å². The molecule has 0 saturated heterocycles. The van der Waals surface area contributed by atoms with Gasteiger partial charge in [0, 0.05) is 46.3 Å². The van der Waals surface area contributed by atoms with Gasteiger partial charge in [-0.2, -0.15) is 0 Å². The maximum absolute atomic E-state index is 5.42. The van der Waals surface area contributed by atoms with Crippen molar-refractivity contribution in [2.24, 2.45) is 0 Å². The molecule has 0 amide bonds. The number of rotatable bonds is 8. The van der Waals surface area contributed by atoms with E-state index < -0.39 is 0 Å². The van der Waals surface area contributed by atoms with Gasteiger partial charge in [-0.1, -0.05) is 40.5 Å². The number of unbranched alkanes of at least 4 members (excludes halogenated alkanes) is 2. The molecule has 9 rings (SSSR count). The van der Waals surface area contributed by atoms with E-state index in [2.05, 4.69) is 93.2 Å². The van der Waals surface area contributed by atoms with Crippen molar-refractivity contribution in [2.45, 2.75) is 118 Å². The fraction of sp³-hybridized carbons (Fsp3) is 0.429. The number of allylic oxidation sites excluding steroid dienone is 4. The largest absolute Gasteiger partial charge is 0.367 e. The number of H-pyrrole nitrogens is 3. The zero-order chi connectivity index (χ0) is 32.4. The fourth-order valence-corrected chi connectivity index (χ4v) is 9.12. The van der Waals surface area contributed by atoms with Crippen LogP contribution in [0.3, 0.4) is 0 Å². The van der Waals surface area contributed by atoms with Crippen LogP contribution in [0.4, 0.5) is 0 Å². The van der Waals surface area contributed by atoms with E-state index in [-0.39, 0.29) is 0 Å². The van der Waals surface area contributed by atoms with Crippen molar-refractivity contribution >= 4 is 44.4 Å². The Hall–Kier alpha value is -4.12. The molecule has 2 atom stereocenters. The molecular formula is C42H49N5. The lowest BCUT2D eigenvalue weighted by atomic mass is 9.65. The number of nitrogens with zero attached hydrogens (tertiary/aromatic N) is 2. The van der Waals surface area contributed by atoms with Crippen molar-refractivity contribution in [3.8, 4) is 0 Å². The van der Waals surface area contributed by atoms with Crippen molar-refractivity contribution in [1.82, 2.24) is 24.9 Å². The van der Waals surface area contributed by atoms with Crippen LogP contribution in [-0.2, 0) is 12.8 Å². The van der Waals surface area contributed by atoms with E-state index in [1.54, 1.807) is 0 Å². The number of hydrogen-bond acceptors (Lipinski definition) is 2. The first-order valence-electron chi connectivity index (χ1n) is 18.3. The highest BCUT2D eigenvalue weighted by molar-refractivity contribution is 5.95. The van der Waals surface area contributed by atoms with Gasteiger partial charge in [0.2, 0.25) is 0 Å². The standard InChI is InChI=1S/C42H49N5/c1-7-11-13-27-23(5)33-17-39-41-29-15-16-30(32-22-43-21-31(29)32)42(41)40(47-39)18-34-24(6)28(14-12-8-2)38(45-34)20-36-26(10-4)25(9-3)35(46-36)19-37(27)44-33/h17-22,29-30,43,46-47H,7-16H2,1-6H3. The molecule has 242 valence electrons. The zero-order valence-electron chi connectivity index (χ0n) is 29.1. The number of fused-ring (bicyclic) bond motifs is 9. The van der Waals surface area contributed by atoms with Gasteiger partial charge in [0.1, 0.15) is 0 Å². The third-order valence-corrected chi connectivity index (χ3v) is 11.6. The lowest BCUT2D eigenvalue weighted by molar-refractivity contribution is 0.531. The van der Waals surface area contributed by atoms with Crippen molar-refractivity contribution in [3.63, 3.8) is 0 Å². The Morgan fingerprint density at radius 3 is 1.45 bits per heavy atom. The molecule has 0 radical (unpaired) electrons. The summed E-state index contributed by atoms with van der Waals surface area (Å²) in [6.07, 6.45) is 15.6. The van der Waals surface area contributed by atoms with Gasteiger partial charge in [0.15, 0.2) is 0 Å². The van der Waals surface area contributed by atoms with Crippen LogP contribution in [0.1, 0.15) is 161 Å². The molecule has 47 heavy (non-hydrogen) atoms. The predicted molar refractivity (Wildman–Crippen MR) is 197 cm³/mol. The lowest BCUT2D eigenvalue weighted by Gasteiger charge is -2.36. The monoisotopic (exact) mass is 623 g/mol. The number of nitrogens with one attached hydrogen (secondary N) is 3. The summed E-state index contributed by atoms with van der Waals surface area (Å²) in [5.74, 6) is 0.802. The summed E-state index contributed by atoms with van der Waals surface area (Å²) in [7, 11) is 0. The Kier molecular flexibility index (Phi) is 7.62. The highest BCUT2D eigenvalue weighted by Crippen LogP contribution is 2.55. The molecule has 4 aromatic rings. The first-order valence-corrected chi connectivity index (χ1v) is 18.3. The molecule has 4 aromatic heterocycles. The average Bonchev–Trinajstić information content (AvgIpc) is 3.89. The van der Waals surface area contributed by atoms with Crippen molar-refractivity contribution in [1.29, 1.82) is 0 Å². The highest BCUT2D eigenvalue weighted by Gasteiger charge is 2.40. The smallest absolute Gasteiger partial charge is 0.0693 e. The Balaban J connectivity index is 1.50. The van der Waals surface area contributed by atoms with E-state index >= 15 is 0 Å². The first-order chi connectivity index (χ1) is 22.9. The van der Waals surface area contributed by atoms with Gasteiger partial charge in [-0.25, -0.2) is 9.97 Å². The Morgan fingerprint density at radius 2 is 1.02 bits per heavy atom. The maximum Gasteiger partial charge on any atom is 0.0693 e. The molecule has 2 unspecified atom stereocenters. The SMILES string of the molecule is CCCCC1=C(C)c2cc3[nH]c(cc4nc(cc5[nH]c(cc1n2)c(CC)c5CC)C(CCCC)=C4C)c1c3C2CCC1c1c[nH]cc12. The van der Waals surface area contributed by atoms with E-state index in [0.717, 1.165) is 48.5 Å². The predicted octanol–water partition coefficient (Wildman–Crippen LogP) is 11.4. The number of aryl methyl sites for hydroxylation is 2. The topological polar surface area (TPSA) is 73.2 Å². The maximum atomic E-state index is 5.42. The van der Waals surface area contributed by atoms with Crippen molar-refractivity contribution < 1.29 is 0 Å². The van der Waals surface area contributed by atoms with Gasteiger partial charge < -0.3 is 15.0 Å². The van der Waals surface area contributed by atoms with Crippen LogP contribution in [0.5, 0.6) is 0 Å². The molecule has 0 spiro atoms. The summed E-state index contributed by atoms with van der Waals surface area (Å²) >= 11 is 0. The van der Waals surface area contributed by atoms with Gasteiger partial charge in [-0.15, -0.1) is 0 Å². The molecule has 0 fully saturated rings. The minimum Gasteiger partial charge on any atom is -0.367 e. The van der Waals surface area contributed by atoms with Gasteiger partial charge in [0.05, 0.1) is 22.8 Å². The van der Waals surface area contributed by atoms with E-state index in [4.69, 9.17) is 9.97 Å². The van der Waals surface area contributed by atoms with Crippen LogP contribution in [-0.4, -0.2) is 24.9 Å². The molecule has 3 aliphatic carbocycles. The van der Waals surface area contributed by atoms with Gasteiger partial charge >= 0.3 is 0 Å². The molecule has 5 nitrogen and oxygen atoms in total. The van der Waals surface area contributed by atoms with E-state index in [1.165, 1.54) is 116 Å². The first kappa shape index (κ1) is 30.2. The summed E-state index contributed by atoms with van der Waals surface area (Å²) in [6.45, 7) is 13.7. The summed E-state index contributed by atoms with van der Waals surface area (Å²) in [6, 6.07) is 9.43. The normalized spacial score (nSPS) is 18.3. The average molecular weight is 624 g/mol. The Labute approximate surface area is 279 Å². The van der Waals surface area contributed by atoms with Gasteiger partial charge in [0.25, 0.3) is 0 Å². The third-order valence-electron chi connectivity index (χ3n) is 11.6. The lowest BCUT2D eigenvalue weighted by Crippen LogP contribution is -2.22. The molecule has 2 aliphatic heterocycles.